The highest BCUT2D eigenvalue weighted by Gasteiger charge is 2.20. The molecule has 0 aliphatic carbocycles. The normalized spacial score (nSPS) is 11.8. The molecule has 2 aromatic rings. The first-order valence-corrected chi connectivity index (χ1v) is 7.77. The Balaban J connectivity index is 1.99. The highest BCUT2D eigenvalue weighted by molar-refractivity contribution is 8.14. The molecule has 0 radical (unpaired) electrons. The monoisotopic (exact) mass is 315 g/mol. The van der Waals surface area contributed by atoms with E-state index in [9.17, 15) is 9.59 Å². The van der Waals surface area contributed by atoms with E-state index in [2.05, 4.69) is 0 Å². The molecule has 1 amide bonds. The van der Waals surface area contributed by atoms with Crippen LogP contribution in [0, 0.1) is 0 Å². The molecule has 4 nitrogen and oxygen atoms in total. The number of benzene rings is 2. The smallest absolute Gasteiger partial charge is 0.317 e. The van der Waals surface area contributed by atoms with E-state index >= 15 is 0 Å². The molecule has 1 atom stereocenters. The van der Waals surface area contributed by atoms with Crippen LogP contribution in [0.25, 0.3) is 11.1 Å². The number of thioether (sulfide) groups is 1. The summed E-state index contributed by atoms with van der Waals surface area (Å²) in [6.07, 6.45) is 0.958. The van der Waals surface area contributed by atoms with Crippen molar-refractivity contribution in [3.05, 3.63) is 60.2 Å². The number of nitrogens with two attached hydrogens (primary N) is 1. The summed E-state index contributed by atoms with van der Waals surface area (Å²) in [4.78, 5) is 21.9. The van der Waals surface area contributed by atoms with Gasteiger partial charge in [-0.3, -0.25) is 9.59 Å². The van der Waals surface area contributed by atoms with Gasteiger partial charge in [-0.05, 0) is 41.3 Å². The van der Waals surface area contributed by atoms with E-state index in [4.69, 9.17) is 10.8 Å². The van der Waals surface area contributed by atoms with Gasteiger partial charge >= 0.3 is 5.97 Å². The van der Waals surface area contributed by atoms with Crippen molar-refractivity contribution in [3.63, 3.8) is 0 Å². The van der Waals surface area contributed by atoms with E-state index < -0.39 is 16.5 Å². The third-order valence-electron chi connectivity index (χ3n) is 3.29. The third kappa shape index (κ3) is 4.63. The van der Waals surface area contributed by atoms with E-state index in [1.807, 2.05) is 54.6 Å². The van der Waals surface area contributed by atoms with Crippen LogP contribution >= 0.6 is 11.8 Å². The van der Waals surface area contributed by atoms with Crippen molar-refractivity contribution in [3.8, 4) is 11.1 Å². The summed E-state index contributed by atoms with van der Waals surface area (Å²) >= 11 is 0.666. The number of carboxylic acid groups (broad SMARTS) is 1. The van der Waals surface area contributed by atoms with Crippen LogP contribution in [0.5, 0.6) is 0 Å². The van der Waals surface area contributed by atoms with Crippen molar-refractivity contribution in [1.29, 1.82) is 0 Å². The fourth-order valence-electron chi connectivity index (χ4n) is 2.17. The summed E-state index contributed by atoms with van der Waals surface area (Å²) in [6.45, 7) is 0. The number of primary amides is 1. The molecule has 0 heterocycles. The van der Waals surface area contributed by atoms with Gasteiger partial charge in [-0.15, -0.1) is 0 Å². The maximum atomic E-state index is 11.1. The Kier molecular flexibility index (Phi) is 5.61. The third-order valence-corrected chi connectivity index (χ3v) is 4.24. The van der Waals surface area contributed by atoms with Crippen molar-refractivity contribution in [2.75, 3.05) is 0 Å². The molecule has 0 bridgehead atoms. The zero-order valence-corrected chi connectivity index (χ0v) is 12.8. The van der Waals surface area contributed by atoms with E-state index in [0.717, 1.165) is 16.7 Å². The highest BCUT2D eigenvalue weighted by atomic mass is 32.2. The van der Waals surface area contributed by atoms with Crippen LogP contribution in [-0.4, -0.2) is 21.6 Å². The number of amides is 1. The van der Waals surface area contributed by atoms with Gasteiger partial charge < -0.3 is 10.8 Å². The van der Waals surface area contributed by atoms with Crippen molar-refractivity contribution in [2.45, 2.75) is 18.1 Å². The van der Waals surface area contributed by atoms with Crippen LogP contribution < -0.4 is 5.73 Å². The lowest BCUT2D eigenvalue weighted by atomic mass is 10.0. The molecule has 22 heavy (non-hydrogen) atoms. The zero-order chi connectivity index (χ0) is 15.9. The Hall–Kier alpha value is -2.27. The number of aliphatic carboxylic acids is 1. The van der Waals surface area contributed by atoms with Gasteiger partial charge in [-0.25, -0.2) is 0 Å². The minimum atomic E-state index is -1.01. The highest BCUT2D eigenvalue weighted by Crippen LogP contribution is 2.21. The van der Waals surface area contributed by atoms with E-state index in [0.29, 0.717) is 24.6 Å². The summed E-state index contributed by atoms with van der Waals surface area (Å²) < 4.78 is 0. The number of rotatable bonds is 6. The van der Waals surface area contributed by atoms with Gasteiger partial charge in [-0.1, -0.05) is 54.6 Å². The van der Waals surface area contributed by atoms with E-state index in [1.165, 1.54) is 0 Å². The van der Waals surface area contributed by atoms with Gasteiger partial charge in [0.25, 0.3) is 5.24 Å². The molecular weight excluding hydrogens is 298 g/mol. The minimum absolute atomic E-state index is 0.369. The molecule has 0 fully saturated rings. The molecular formula is C17H17NO3S. The fraction of sp³-hybridized carbons (Fsp3) is 0.176. The van der Waals surface area contributed by atoms with Crippen molar-refractivity contribution >= 4 is 23.0 Å². The van der Waals surface area contributed by atoms with Gasteiger partial charge in [-0.2, -0.15) is 0 Å². The molecule has 2 aromatic carbocycles. The number of hydrogen-bond acceptors (Lipinski definition) is 3. The number of carbonyl (C=O) groups excluding carboxylic acids is 1. The standard InChI is InChI=1S/C17H17NO3S/c18-17(21)22-15(16(19)20)11-8-12-6-9-14(10-7-12)13-4-2-1-3-5-13/h1-7,9-10,15H,8,11H2,(H2,18,21)(H,19,20). The second-order valence-corrected chi connectivity index (χ2v) is 6.07. The largest absolute Gasteiger partial charge is 0.480 e. The topological polar surface area (TPSA) is 80.4 Å². The molecule has 3 N–H and O–H groups in total. The summed E-state index contributed by atoms with van der Waals surface area (Å²) in [7, 11) is 0. The van der Waals surface area contributed by atoms with Gasteiger partial charge in [0.2, 0.25) is 0 Å². The van der Waals surface area contributed by atoms with Crippen LogP contribution in [0.2, 0.25) is 0 Å². The maximum absolute atomic E-state index is 11.1. The average Bonchev–Trinajstić information content (AvgIpc) is 2.52. The Morgan fingerprint density at radius 2 is 1.59 bits per heavy atom. The second kappa shape index (κ2) is 7.66. The van der Waals surface area contributed by atoms with Gasteiger partial charge in [0.15, 0.2) is 0 Å². The lowest BCUT2D eigenvalue weighted by Crippen LogP contribution is -2.21. The van der Waals surface area contributed by atoms with Crippen LogP contribution in [0.1, 0.15) is 12.0 Å². The first-order chi connectivity index (χ1) is 10.6. The van der Waals surface area contributed by atoms with Crippen LogP contribution in [0.3, 0.4) is 0 Å². The molecule has 5 heteroatoms. The molecule has 0 spiro atoms. The van der Waals surface area contributed by atoms with Crippen LogP contribution in [-0.2, 0) is 11.2 Å². The summed E-state index contributed by atoms with van der Waals surface area (Å²) in [5, 5.41) is 7.60. The molecule has 2 rings (SSSR count). The van der Waals surface area contributed by atoms with Gasteiger partial charge in [0.1, 0.15) is 5.25 Å². The van der Waals surface area contributed by atoms with Gasteiger partial charge in [0.05, 0.1) is 0 Å². The Bertz CT molecular complexity index is 641. The zero-order valence-electron chi connectivity index (χ0n) is 11.9. The quantitative estimate of drug-likeness (QED) is 0.854. The van der Waals surface area contributed by atoms with Gasteiger partial charge in [0, 0.05) is 0 Å². The SMILES string of the molecule is NC(=O)SC(CCc1ccc(-c2ccccc2)cc1)C(=O)O. The molecule has 0 aliphatic rings. The Labute approximate surface area is 133 Å². The lowest BCUT2D eigenvalue weighted by molar-refractivity contribution is -0.136. The molecule has 0 aliphatic heterocycles. The molecule has 0 saturated carbocycles. The molecule has 0 saturated heterocycles. The second-order valence-electron chi connectivity index (χ2n) is 4.87. The Morgan fingerprint density at radius 3 is 2.14 bits per heavy atom. The fourth-order valence-corrected chi connectivity index (χ4v) is 2.78. The average molecular weight is 315 g/mol. The van der Waals surface area contributed by atoms with Crippen LogP contribution in [0.15, 0.2) is 54.6 Å². The van der Waals surface area contributed by atoms with Crippen LogP contribution in [0.4, 0.5) is 4.79 Å². The van der Waals surface area contributed by atoms with Crippen molar-refractivity contribution < 1.29 is 14.7 Å². The molecule has 114 valence electrons. The predicted molar refractivity (Wildman–Crippen MR) is 88.8 cm³/mol. The minimum Gasteiger partial charge on any atom is -0.480 e. The predicted octanol–water partition coefficient (Wildman–Crippen LogP) is 3.55. The maximum Gasteiger partial charge on any atom is 0.317 e. The van der Waals surface area contributed by atoms with Crippen molar-refractivity contribution in [2.24, 2.45) is 5.73 Å². The summed E-state index contributed by atoms with van der Waals surface area (Å²) in [5.74, 6) is -1.01. The number of carbonyl (C=O) groups is 2. The van der Waals surface area contributed by atoms with Crippen molar-refractivity contribution in [1.82, 2.24) is 0 Å². The number of aryl methyl sites for hydroxylation is 1. The summed E-state index contributed by atoms with van der Waals surface area (Å²) in [5.41, 5.74) is 8.34. The van der Waals surface area contributed by atoms with E-state index in [-0.39, 0.29) is 0 Å². The molecule has 0 aromatic heterocycles. The number of hydrogen-bond donors (Lipinski definition) is 2. The first kappa shape index (κ1) is 16.1. The first-order valence-electron chi connectivity index (χ1n) is 6.89. The van der Waals surface area contributed by atoms with E-state index in [1.54, 1.807) is 0 Å². The molecule has 1 unspecified atom stereocenters. The number of carboxylic acids is 1. The summed E-state index contributed by atoms with van der Waals surface area (Å²) in [6, 6.07) is 18.0. The lowest BCUT2D eigenvalue weighted by Gasteiger charge is -2.10. The Morgan fingerprint density at radius 1 is 1.00 bits per heavy atom.